The Kier molecular flexibility index (Phi) is 4.76. The van der Waals surface area contributed by atoms with E-state index in [0.717, 1.165) is 12.0 Å². The van der Waals surface area contributed by atoms with Crippen LogP contribution in [0.25, 0.3) is 0 Å². The average Bonchev–Trinajstić information content (AvgIpc) is 2.34. The van der Waals surface area contributed by atoms with E-state index in [1.807, 2.05) is 6.92 Å². The van der Waals surface area contributed by atoms with Gasteiger partial charge in [-0.1, -0.05) is 19.1 Å². The van der Waals surface area contributed by atoms with Crippen LogP contribution in [0.3, 0.4) is 0 Å². The third-order valence-electron chi connectivity index (χ3n) is 2.68. The van der Waals surface area contributed by atoms with E-state index in [4.69, 9.17) is 4.74 Å². The van der Waals surface area contributed by atoms with Crippen LogP contribution in [-0.2, 0) is 17.6 Å². The number of ketones is 1. The monoisotopic (exact) mass is 260 g/mol. The quantitative estimate of drug-likeness (QED) is 0.811. The highest BCUT2D eigenvalue weighted by Gasteiger charge is 2.37. The van der Waals surface area contributed by atoms with Gasteiger partial charge < -0.3 is 4.74 Å². The molecule has 1 aromatic carbocycles. The molecule has 2 nitrogen and oxygen atoms in total. The molecule has 1 aromatic rings. The summed E-state index contributed by atoms with van der Waals surface area (Å²) in [6, 6.07) is 5.18. The van der Waals surface area contributed by atoms with Crippen molar-refractivity contribution in [2.45, 2.75) is 32.4 Å². The fourth-order valence-electron chi connectivity index (χ4n) is 1.66. The molecule has 0 radical (unpaired) electrons. The van der Waals surface area contributed by atoms with Gasteiger partial charge in [0.05, 0.1) is 7.11 Å². The van der Waals surface area contributed by atoms with Crippen LogP contribution in [0, 0.1) is 0 Å². The maximum atomic E-state index is 12.0. The Balaban J connectivity index is 2.72. The first kappa shape index (κ1) is 14.5. The number of hydrogen-bond donors (Lipinski definition) is 0. The summed E-state index contributed by atoms with van der Waals surface area (Å²) in [5.41, 5.74) is 1.64. The van der Waals surface area contributed by atoms with Gasteiger partial charge in [0.15, 0.2) is 0 Å². The second kappa shape index (κ2) is 5.89. The molecule has 5 heteroatoms. The lowest BCUT2D eigenvalue weighted by molar-refractivity contribution is -0.171. The predicted molar refractivity (Wildman–Crippen MR) is 61.8 cm³/mol. The Hall–Kier alpha value is -1.52. The largest absolute Gasteiger partial charge is 0.496 e. The van der Waals surface area contributed by atoms with E-state index in [1.165, 1.54) is 0 Å². The number of aryl methyl sites for hydroxylation is 2. The van der Waals surface area contributed by atoms with Crippen molar-refractivity contribution in [1.82, 2.24) is 0 Å². The van der Waals surface area contributed by atoms with Crippen LogP contribution < -0.4 is 4.74 Å². The molecule has 0 bridgehead atoms. The molecule has 0 fully saturated rings. The summed E-state index contributed by atoms with van der Waals surface area (Å²) in [4.78, 5) is 10.8. The first-order chi connectivity index (χ1) is 8.38. The highest BCUT2D eigenvalue weighted by atomic mass is 19.4. The SMILES string of the molecule is CCc1cc(CCC(=O)C(F)(F)F)ccc1OC. The van der Waals surface area contributed by atoms with E-state index in [1.54, 1.807) is 25.3 Å². The summed E-state index contributed by atoms with van der Waals surface area (Å²) >= 11 is 0. The topological polar surface area (TPSA) is 26.3 Å². The highest BCUT2D eigenvalue weighted by Crippen LogP contribution is 2.23. The molecule has 0 spiro atoms. The lowest BCUT2D eigenvalue weighted by Gasteiger charge is -2.09. The first-order valence-corrected chi connectivity index (χ1v) is 5.64. The van der Waals surface area contributed by atoms with Gasteiger partial charge in [-0.2, -0.15) is 13.2 Å². The minimum Gasteiger partial charge on any atom is -0.496 e. The third kappa shape index (κ3) is 3.75. The number of methoxy groups -OCH3 is 1. The fourth-order valence-corrected chi connectivity index (χ4v) is 1.66. The van der Waals surface area contributed by atoms with Gasteiger partial charge in [0, 0.05) is 6.42 Å². The van der Waals surface area contributed by atoms with E-state index in [2.05, 4.69) is 0 Å². The van der Waals surface area contributed by atoms with Crippen molar-refractivity contribution in [3.05, 3.63) is 29.3 Å². The lowest BCUT2D eigenvalue weighted by Crippen LogP contribution is -2.22. The van der Waals surface area contributed by atoms with E-state index >= 15 is 0 Å². The molecular weight excluding hydrogens is 245 g/mol. The van der Waals surface area contributed by atoms with E-state index in [9.17, 15) is 18.0 Å². The zero-order valence-electron chi connectivity index (χ0n) is 10.3. The summed E-state index contributed by atoms with van der Waals surface area (Å²) in [6.07, 6.45) is -4.43. The number of ether oxygens (including phenoxy) is 1. The molecular formula is C13H15F3O2. The number of benzene rings is 1. The molecule has 18 heavy (non-hydrogen) atoms. The molecule has 0 aliphatic carbocycles. The van der Waals surface area contributed by atoms with Gasteiger partial charge in [0.2, 0.25) is 5.78 Å². The van der Waals surface area contributed by atoms with Gasteiger partial charge in [-0.15, -0.1) is 0 Å². The molecule has 0 aliphatic rings. The summed E-state index contributed by atoms with van der Waals surface area (Å²) < 4.78 is 41.3. The second-order valence-corrected chi connectivity index (χ2v) is 3.92. The highest BCUT2D eigenvalue weighted by molar-refractivity contribution is 5.84. The van der Waals surface area contributed by atoms with Crippen LogP contribution in [0.2, 0.25) is 0 Å². The Labute approximate surface area is 104 Å². The van der Waals surface area contributed by atoms with Gasteiger partial charge in [-0.05, 0) is 30.0 Å². The molecule has 0 aromatic heterocycles. The van der Waals surface area contributed by atoms with Crippen LogP contribution in [0.5, 0.6) is 5.75 Å². The van der Waals surface area contributed by atoms with Crippen molar-refractivity contribution in [3.63, 3.8) is 0 Å². The van der Waals surface area contributed by atoms with Crippen LogP contribution in [0.1, 0.15) is 24.5 Å². The first-order valence-electron chi connectivity index (χ1n) is 5.64. The van der Waals surface area contributed by atoms with Crippen molar-refractivity contribution in [1.29, 1.82) is 0 Å². The molecule has 0 heterocycles. The van der Waals surface area contributed by atoms with Crippen LogP contribution >= 0.6 is 0 Å². The maximum Gasteiger partial charge on any atom is 0.449 e. The van der Waals surface area contributed by atoms with E-state index in [-0.39, 0.29) is 6.42 Å². The minimum atomic E-state index is -4.74. The Morgan fingerprint density at radius 1 is 1.33 bits per heavy atom. The smallest absolute Gasteiger partial charge is 0.449 e. The zero-order chi connectivity index (χ0) is 13.8. The standard InChI is InChI=1S/C13H15F3O2/c1-3-10-8-9(4-6-11(10)18-2)5-7-12(17)13(14,15)16/h4,6,8H,3,5,7H2,1-2H3. The molecule has 1 rings (SSSR count). The summed E-state index contributed by atoms with van der Waals surface area (Å²) in [5, 5.41) is 0. The number of halogens is 3. The van der Waals surface area contributed by atoms with Gasteiger partial charge in [-0.25, -0.2) is 0 Å². The Morgan fingerprint density at radius 2 is 2.00 bits per heavy atom. The van der Waals surface area contributed by atoms with Crippen molar-refractivity contribution in [3.8, 4) is 5.75 Å². The number of carbonyl (C=O) groups excluding carboxylic acids is 1. The van der Waals surface area contributed by atoms with E-state index in [0.29, 0.717) is 11.3 Å². The zero-order valence-corrected chi connectivity index (χ0v) is 10.3. The third-order valence-corrected chi connectivity index (χ3v) is 2.68. The van der Waals surface area contributed by atoms with Crippen LogP contribution in [0.4, 0.5) is 13.2 Å². The number of carbonyl (C=O) groups is 1. The van der Waals surface area contributed by atoms with Crippen molar-refractivity contribution < 1.29 is 22.7 Å². The summed E-state index contributed by atoms with van der Waals surface area (Å²) in [7, 11) is 1.54. The number of rotatable bonds is 5. The van der Waals surface area contributed by atoms with Crippen molar-refractivity contribution >= 4 is 5.78 Å². The van der Waals surface area contributed by atoms with Gasteiger partial charge in [0.25, 0.3) is 0 Å². The molecule has 0 saturated carbocycles. The second-order valence-electron chi connectivity index (χ2n) is 3.92. The summed E-state index contributed by atoms with van der Waals surface area (Å²) in [6.45, 7) is 1.93. The molecule has 0 aliphatic heterocycles. The molecule has 0 amide bonds. The molecule has 100 valence electrons. The van der Waals surface area contributed by atoms with Crippen molar-refractivity contribution in [2.24, 2.45) is 0 Å². The molecule has 0 saturated heterocycles. The minimum absolute atomic E-state index is 0.0926. The fraction of sp³-hybridized carbons (Fsp3) is 0.462. The van der Waals surface area contributed by atoms with Crippen LogP contribution in [0.15, 0.2) is 18.2 Å². The van der Waals surface area contributed by atoms with Gasteiger partial charge >= 0.3 is 6.18 Å². The number of alkyl halides is 3. The maximum absolute atomic E-state index is 12.0. The Bertz CT molecular complexity index is 425. The number of Topliss-reactive ketones (excluding diaryl/α,β-unsaturated/α-hetero) is 1. The van der Waals surface area contributed by atoms with Gasteiger partial charge in [0.1, 0.15) is 5.75 Å². The van der Waals surface area contributed by atoms with E-state index < -0.39 is 18.4 Å². The molecule has 0 atom stereocenters. The summed E-state index contributed by atoms with van der Waals surface area (Å²) in [5.74, 6) is -0.972. The Morgan fingerprint density at radius 3 is 2.50 bits per heavy atom. The predicted octanol–water partition coefficient (Wildman–Crippen LogP) is 3.32. The molecule has 0 unspecified atom stereocenters. The normalized spacial score (nSPS) is 11.4. The average molecular weight is 260 g/mol. The van der Waals surface area contributed by atoms with Crippen molar-refractivity contribution in [2.75, 3.05) is 7.11 Å². The lowest BCUT2D eigenvalue weighted by atomic mass is 10.0. The number of hydrogen-bond acceptors (Lipinski definition) is 2. The van der Waals surface area contributed by atoms with Gasteiger partial charge in [-0.3, -0.25) is 4.79 Å². The van der Waals surface area contributed by atoms with Crippen LogP contribution in [-0.4, -0.2) is 19.1 Å². The molecule has 0 N–H and O–H groups in total.